The molecule has 1 aliphatic heterocycles. The van der Waals surface area contributed by atoms with Crippen LogP contribution in [0.1, 0.15) is 37.0 Å². The average molecular weight is 366 g/mol. The lowest BCUT2D eigenvalue weighted by molar-refractivity contribution is -0.121. The van der Waals surface area contributed by atoms with Crippen molar-refractivity contribution < 1.29 is 19.1 Å². The fraction of sp³-hybridized carbons (Fsp3) is 0.286. The van der Waals surface area contributed by atoms with E-state index in [1.165, 1.54) is 11.8 Å². The van der Waals surface area contributed by atoms with Crippen LogP contribution >= 0.6 is 0 Å². The van der Waals surface area contributed by atoms with E-state index in [-0.39, 0.29) is 24.0 Å². The molecule has 0 saturated carbocycles. The summed E-state index contributed by atoms with van der Waals surface area (Å²) in [6, 6.07) is 13.2. The Balaban J connectivity index is 1.78. The Kier molecular flexibility index (Phi) is 5.54. The number of ether oxygens (including phenoxy) is 1. The number of anilines is 2. The maximum atomic E-state index is 12.9. The minimum Gasteiger partial charge on any atom is -0.491 e. The average Bonchev–Trinajstić information content (AvgIpc) is 2.94. The lowest BCUT2D eigenvalue weighted by atomic mass is 10.1. The molecular weight excluding hydrogens is 344 g/mol. The van der Waals surface area contributed by atoms with E-state index in [1.807, 2.05) is 13.0 Å². The van der Waals surface area contributed by atoms with E-state index in [1.54, 1.807) is 42.5 Å². The standard InChI is InChI=1S/C21H22N2O4/c1-3-12-27-19-7-5-4-6-18(19)23-20(25)13-17(21(23)26)22-16-10-8-15(9-11-16)14(2)24/h4-11,17,22H,3,12-13H2,1-2H3/t17-/m1/s1. The smallest absolute Gasteiger partial charge is 0.256 e. The molecule has 0 spiro atoms. The molecule has 1 atom stereocenters. The predicted molar refractivity (Wildman–Crippen MR) is 103 cm³/mol. The van der Waals surface area contributed by atoms with E-state index in [0.29, 0.717) is 29.3 Å². The maximum Gasteiger partial charge on any atom is 0.256 e. The molecule has 0 radical (unpaired) electrons. The third-order valence-electron chi connectivity index (χ3n) is 4.35. The van der Waals surface area contributed by atoms with E-state index in [4.69, 9.17) is 4.74 Å². The zero-order valence-corrected chi connectivity index (χ0v) is 15.4. The Bertz CT molecular complexity index is 861. The molecule has 1 N–H and O–H groups in total. The van der Waals surface area contributed by atoms with Crippen LogP contribution in [0, 0.1) is 0 Å². The molecule has 1 fully saturated rings. The van der Waals surface area contributed by atoms with Crippen molar-refractivity contribution in [3.63, 3.8) is 0 Å². The van der Waals surface area contributed by atoms with Gasteiger partial charge >= 0.3 is 0 Å². The Morgan fingerprint density at radius 2 is 1.85 bits per heavy atom. The highest BCUT2D eigenvalue weighted by molar-refractivity contribution is 6.23. The third-order valence-corrected chi connectivity index (χ3v) is 4.35. The van der Waals surface area contributed by atoms with Crippen molar-refractivity contribution in [2.45, 2.75) is 32.7 Å². The zero-order chi connectivity index (χ0) is 19.4. The van der Waals surface area contributed by atoms with Crippen molar-refractivity contribution in [3.8, 4) is 5.75 Å². The van der Waals surface area contributed by atoms with Crippen LogP contribution in [0.25, 0.3) is 0 Å². The fourth-order valence-electron chi connectivity index (χ4n) is 2.98. The molecule has 1 saturated heterocycles. The van der Waals surface area contributed by atoms with E-state index in [9.17, 15) is 14.4 Å². The Labute approximate surface area is 158 Å². The highest BCUT2D eigenvalue weighted by Gasteiger charge is 2.40. The van der Waals surface area contributed by atoms with Gasteiger partial charge in [-0.15, -0.1) is 0 Å². The Morgan fingerprint density at radius 3 is 2.52 bits per heavy atom. The highest BCUT2D eigenvalue weighted by atomic mass is 16.5. The number of ketones is 1. The molecule has 0 unspecified atom stereocenters. The molecule has 2 aromatic carbocycles. The summed E-state index contributed by atoms with van der Waals surface area (Å²) >= 11 is 0. The quantitative estimate of drug-likeness (QED) is 0.600. The fourth-order valence-corrected chi connectivity index (χ4v) is 2.98. The summed E-state index contributed by atoms with van der Waals surface area (Å²) in [5.74, 6) is -0.0929. The molecule has 6 heteroatoms. The van der Waals surface area contributed by atoms with Crippen molar-refractivity contribution in [1.29, 1.82) is 0 Å². The molecule has 27 heavy (non-hydrogen) atoms. The lowest BCUT2D eigenvalue weighted by Crippen LogP contribution is -2.35. The molecule has 2 aromatic rings. The number of nitrogens with one attached hydrogen (secondary N) is 1. The van der Waals surface area contributed by atoms with Gasteiger partial charge in [0.1, 0.15) is 11.8 Å². The van der Waals surface area contributed by atoms with Gasteiger partial charge in [0, 0.05) is 11.3 Å². The van der Waals surface area contributed by atoms with Gasteiger partial charge in [-0.3, -0.25) is 14.4 Å². The number of imide groups is 1. The maximum absolute atomic E-state index is 12.9. The van der Waals surface area contributed by atoms with Crippen molar-refractivity contribution in [1.82, 2.24) is 0 Å². The van der Waals surface area contributed by atoms with Crippen molar-refractivity contribution in [2.75, 3.05) is 16.8 Å². The van der Waals surface area contributed by atoms with Crippen LogP contribution in [0.4, 0.5) is 11.4 Å². The van der Waals surface area contributed by atoms with E-state index < -0.39 is 6.04 Å². The number of Topliss-reactive ketones (excluding diaryl/α,β-unsaturated/α-hetero) is 1. The lowest BCUT2D eigenvalue weighted by Gasteiger charge is -2.19. The molecule has 1 heterocycles. The first kappa shape index (κ1) is 18.6. The summed E-state index contributed by atoms with van der Waals surface area (Å²) in [5.41, 5.74) is 1.75. The van der Waals surface area contributed by atoms with Crippen LogP contribution in [-0.4, -0.2) is 30.2 Å². The first-order valence-electron chi connectivity index (χ1n) is 8.97. The second-order valence-electron chi connectivity index (χ2n) is 6.42. The van der Waals surface area contributed by atoms with Crippen LogP contribution in [0.3, 0.4) is 0 Å². The number of hydrogen-bond donors (Lipinski definition) is 1. The van der Waals surface area contributed by atoms with Gasteiger partial charge in [0.25, 0.3) is 5.91 Å². The van der Waals surface area contributed by atoms with Gasteiger partial charge in [0.2, 0.25) is 5.91 Å². The summed E-state index contributed by atoms with van der Waals surface area (Å²) in [4.78, 5) is 37.9. The first-order chi connectivity index (χ1) is 13.0. The van der Waals surface area contributed by atoms with Crippen LogP contribution in [-0.2, 0) is 9.59 Å². The molecule has 2 amide bonds. The van der Waals surface area contributed by atoms with Crippen molar-refractivity contribution in [3.05, 3.63) is 54.1 Å². The van der Waals surface area contributed by atoms with Crippen molar-refractivity contribution >= 4 is 29.0 Å². The molecule has 0 aliphatic carbocycles. The van der Waals surface area contributed by atoms with Crippen LogP contribution in [0.2, 0.25) is 0 Å². The van der Waals surface area contributed by atoms with Crippen LogP contribution in [0.5, 0.6) is 5.75 Å². The molecule has 140 valence electrons. The topological polar surface area (TPSA) is 75.7 Å². The summed E-state index contributed by atoms with van der Waals surface area (Å²) in [7, 11) is 0. The number of hydrogen-bond acceptors (Lipinski definition) is 5. The van der Waals surface area contributed by atoms with E-state index >= 15 is 0 Å². The molecular formula is C21H22N2O4. The number of amides is 2. The van der Waals surface area contributed by atoms with Gasteiger partial charge in [-0.25, -0.2) is 4.90 Å². The number of para-hydroxylation sites is 2. The summed E-state index contributed by atoms with van der Waals surface area (Å²) < 4.78 is 5.69. The zero-order valence-electron chi connectivity index (χ0n) is 15.4. The van der Waals surface area contributed by atoms with Gasteiger partial charge in [0.15, 0.2) is 5.78 Å². The van der Waals surface area contributed by atoms with E-state index in [0.717, 1.165) is 6.42 Å². The third kappa shape index (κ3) is 4.00. The highest BCUT2D eigenvalue weighted by Crippen LogP contribution is 2.33. The summed E-state index contributed by atoms with van der Waals surface area (Å²) in [5, 5.41) is 3.09. The van der Waals surface area contributed by atoms with Gasteiger partial charge in [0.05, 0.1) is 18.7 Å². The second kappa shape index (κ2) is 8.03. The SMILES string of the molecule is CCCOc1ccccc1N1C(=O)C[C@@H](Nc2ccc(C(C)=O)cc2)C1=O. The number of carbonyl (C=O) groups is 3. The summed E-state index contributed by atoms with van der Waals surface area (Å²) in [6.07, 6.45) is 0.895. The molecule has 0 aromatic heterocycles. The van der Waals surface area contributed by atoms with Gasteiger partial charge < -0.3 is 10.1 Å². The van der Waals surface area contributed by atoms with Gasteiger partial charge in [-0.05, 0) is 49.7 Å². The van der Waals surface area contributed by atoms with Crippen LogP contribution < -0.4 is 15.0 Å². The first-order valence-corrected chi connectivity index (χ1v) is 8.97. The van der Waals surface area contributed by atoms with Crippen molar-refractivity contribution in [2.24, 2.45) is 0 Å². The minimum atomic E-state index is -0.653. The van der Waals surface area contributed by atoms with Gasteiger partial charge in [-0.1, -0.05) is 19.1 Å². The second-order valence-corrected chi connectivity index (χ2v) is 6.42. The monoisotopic (exact) mass is 366 g/mol. The minimum absolute atomic E-state index is 0.0245. The molecule has 1 aliphatic rings. The number of rotatable bonds is 7. The van der Waals surface area contributed by atoms with E-state index in [2.05, 4.69) is 5.32 Å². The number of nitrogens with zero attached hydrogens (tertiary/aromatic N) is 1. The molecule has 0 bridgehead atoms. The molecule has 6 nitrogen and oxygen atoms in total. The Morgan fingerprint density at radius 1 is 1.15 bits per heavy atom. The largest absolute Gasteiger partial charge is 0.491 e. The normalized spacial score (nSPS) is 16.5. The van der Waals surface area contributed by atoms with Crippen LogP contribution in [0.15, 0.2) is 48.5 Å². The Hall–Kier alpha value is -3.15. The predicted octanol–water partition coefficient (Wildman–Crippen LogP) is 3.42. The molecule has 3 rings (SSSR count). The summed E-state index contributed by atoms with van der Waals surface area (Å²) in [6.45, 7) is 4.00. The number of benzene rings is 2. The number of carbonyl (C=O) groups excluding carboxylic acids is 3. The van der Waals surface area contributed by atoms with Gasteiger partial charge in [-0.2, -0.15) is 0 Å².